The molecule has 6 heteroatoms. The van der Waals surface area contributed by atoms with E-state index in [4.69, 9.17) is 4.74 Å². The number of ether oxygens (including phenoxy) is 1. The first-order valence-electron chi connectivity index (χ1n) is 8.84. The highest BCUT2D eigenvalue weighted by molar-refractivity contribution is 5.93. The van der Waals surface area contributed by atoms with Crippen molar-refractivity contribution in [1.29, 1.82) is 0 Å². The van der Waals surface area contributed by atoms with E-state index in [9.17, 15) is 9.59 Å². The van der Waals surface area contributed by atoms with Crippen LogP contribution in [0.3, 0.4) is 0 Å². The van der Waals surface area contributed by atoms with Gasteiger partial charge in [0.05, 0.1) is 17.9 Å². The molecule has 0 saturated heterocycles. The standard InChI is InChI=1S/C20H27N3O3/c1-13(2)14(3)21-18(24)12-26-20(25)19-15(4)22-23(16(19)5)11-17-9-7-6-8-10-17/h6-10,13-14H,11-12H2,1-5H3,(H,21,24)/t14-/m0/s1. The van der Waals surface area contributed by atoms with Crippen molar-refractivity contribution < 1.29 is 14.3 Å². The third-order valence-electron chi connectivity index (χ3n) is 4.48. The van der Waals surface area contributed by atoms with Crippen molar-refractivity contribution >= 4 is 11.9 Å². The van der Waals surface area contributed by atoms with Gasteiger partial charge in [-0.1, -0.05) is 44.2 Å². The number of rotatable bonds is 7. The third kappa shape index (κ3) is 4.94. The first kappa shape index (κ1) is 19.7. The van der Waals surface area contributed by atoms with E-state index in [-0.39, 0.29) is 18.6 Å². The molecule has 0 spiro atoms. The molecule has 1 atom stereocenters. The van der Waals surface area contributed by atoms with Gasteiger partial charge in [-0.15, -0.1) is 0 Å². The van der Waals surface area contributed by atoms with Crippen LogP contribution in [0.15, 0.2) is 30.3 Å². The van der Waals surface area contributed by atoms with Crippen LogP contribution in [0, 0.1) is 19.8 Å². The van der Waals surface area contributed by atoms with Crippen LogP contribution in [0.2, 0.25) is 0 Å². The Balaban J connectivity index is 2.02. The molecule has 1 amide bonds. The van der Waals surface area contributed by atoms with Crippen molar-refractivity contribution in [2.24, 2.45) is 5.92 Å². The molecule has 0 radical (unpaired) electrons. The molecule has 1 aromatic carbocycles. The van der Waals surface area contributed by atoms with Crippen LogP contribution < -0.4 is 5.32 Å². The quantitative estimate of drug-likeness (QED) is 0.774. The Morgan fingerprint density at radius 3 is 2.42 bits per heavy atom. The molecule has 0 aliphatic carbocycles. The van der Waals surface area contributed by atoms with Crippen molar-refractivity contribution in [3.63, 3.8) is 0 Å². The number of nitrogens with zero attached hydrogens (tertiary/aromatic N) is 2. The molecular formula is C20H27N3O3. The molecule has 26 heavy (non-hydrogen) atoms. The number of amides is 1. The van der Waals surface area contributed by atoms with Crippen LogP contribution in [0.25, 0.3) is 0 Å². The summed E-state index contributed by atoms with van der Waals surface area (Å²) in [4.78, 5) is 24.3. The lowest BCUT2D eigenvalue weighted by Crippen LogP contribution is -2.38. The van der Waals surface area contributed by atoms with E-state index >= 15 is 0 Å². The van der Waals surface area contributed by atoms with E-state index in [1.165, 1.54) is 0 Å². The van der Waals surface area contributed by atoms with Crippen LogP contribution in [0.5, 0.6) is 0 Å². The first-order chi connectivity index (χ1) is 12.3. The normalized spacial score (nSPS) is 12.1. The number of esters is 1. The zero-order valence-electron chi connectivity index (χ0n) is 16.1. The average Bonchev–Trinajstić information content (AvgIpc) is 2.87. The van der Waals surface area contributed by atoms with Gasteiger partial charge in [0, 0.05) is 6.04 Å². The molecule has 0 aliphatic heterocycles. The summed E-state index contributed by atoms with van der Waals surface area (Å²) >= 11 is 0. The second-order valence-corrected chi connectivity index (χ2v) is 6.87. The summed E-state index contributed by atoms with van der Waals surface area (Å²) in [6.07, 6.45) is 0. The summed E-state index contributed by atoms with van der Waals surface area (Å²) in [6, 6.07) is 9.93. The highest BCUT2D eigenvalue weighted by Crippen LogP contribution is 2.16. The smallest absolute Gasteiger partial charge is 0.342 e. The number of hydrogen-bond acceptors (Lipinski definition) is 4. The molecule has 1 aromatic heterocycles. The minimum atomic E-state index is -0.522. The molecule has 2 rings (SSSR count). The van der Waals surface area contributed by atoms with Crippen molar-refractivity contribution in [1.82, 2.24) is 15.1 Å². The van der Waals surface area contributed by atoms with Gasteiger partial charge in [-0.2, -0.15) is 5.10 Å². The number of aryl methyl sites for hydroxylation is 1. The number of hydrogen-bond donors (Lipinski definition) is 1. The molecule has 140 valence electrons. The number of carbonyl (C=O) groups excluding carboxylic acids is 2. The lowest BCUT2D eigenvalue weighted by Gasteiger charge is -2.17. The molecule has 0 saturated carbocycles. The van der Waals surface area contributed by atoms with E-state index in [1.54, 1.807) is 11.6 Å². The Hall–Kier alpha value is -2.63. The highest BCUT2D eigenvalue weighted by atomic mass is 16.5. The summed E-state index contributed by atoms with van der Waals surface area (Å²) in [7, 11) is 0. The summed E-state index contributed by atoms with van der Waals surface area (Å²) in [5, 5.41) is 7.26. The zero-order valence-corrected chi connectivity index (χ0v) is 16.1. The SMILES string of the molecule is Cc1nn(Cc2ccccc2)c(C)c1C(=O)OCC(=O)N[C@@H](C)C(C)C. The Morgan fingerprint density at radius 1 is 1.15 bits per heavy atom. The zero-order chi connectivity index (χ0) is 19.3. The number of carbonyl (C=O) groups is 2. The van der Waals surface area contributed by atoms with Crippen molar-refractivity contribution in [3.05, 3.63) is 52.8 Å². The predicted octanol–water partition coefficient (Wildman–Crippen LogP) is 2.87. The van der Waals surface area contributed by atoms with Crippen LogP contribution in [-0.2, 0) is 16.1 Å². The Morgan fingerprint density at radius 2 is 1.81 bits per heavy atom. The lowest BCUT2D eigenvalue weighted by atomic mass is 10.1. The molecule has 0 unspecified atom stereocenters. The van der Waals surface area contributed by atoms with E-state index in [0.29, 0.717) is 23.7 Å². The average molecular weight is 357 g/mol. The van der Waals surface area contributed by atoms with Gasteiger partial charge in [0.2, 0.25) is 0 Å². The van der Waals surface area contributed by atoms with E-state index < -0.39 is 5.97 Å². The second kappa shape index (κ2) is 8.65. The van der Waals surface area contributed by atoms with Gasteiger partial charge in [-0.25, -0.2) is 4.79 Å². The maximum absolute atomic E-state index is 12.4. The van der Waals surface area contributed by atoms with Gasteiger partial charge < -0.3 is 10.1 Å². The second-order valence-electron chi connectivity index (χ2n) is 6.87. The van der Waals surface area contributed by atoms with Crippen LogP contribution >= 0.6 is 0 Å². The Bertz CT molecular complexity index is 766. The summed E-state index contributed by atoms with van der Waals surface area (Å²) in [6.45, 7) is 9.85. The van der Waals surface area contributed by atoms with Gasteiger partial charge in [-0.3, -0.25) is 9.48 Å². The maximum atomic E-state index is 12.4. The molecule has 1 heterocycles. The number of aromatic nitrogens is 2. The summed E-state index contributed by atoms with van der Waals surface area (Å²) < 4.78 is 6.97. The molecule has 0 bridgehead atoms. The molecule has 0 fully saturated rings. The van der Waals surface area contributed by atoms with Gasteiger partial charge in [-0.05, 0) is 32.3 Å². The fourth-order valence-corrected chi connectivity index (χ4v) is 2.57. The largest absolute Gasteiger partial charge is 0.452 e. The minimum absolute atomic E-state index is 0.0262. The summed E-state index contributed by atoms with van der Waals surface area (Å²) in [5.41, 5.74) is 2.84. The van der Waals surface area contributed by atoms with Crippen molar-refractivity contribution in [2.75, 3.05) is 6.61 Å². The van der Waals surface area contributed by atoms with Gasteiger partial charge in [0.25, 0.3) is 5.91 Å². The fraction of sp³-hybridized carbons (Fsp3) is 0.450. The fourth-order valence-electron chi connectivity index (χ4n) is 2.57. The minimum Gasteiger partial charge on any atom is -0.452 e. The number of nitrogens with one attached hydrogen (secondary N) is 1. The van der Waals surface area contributed by atoms with Gasteiger partial charge in [0.15, 0.2) is 6.61 Å². The van der Waals surface area contributed by atoms with Crippen molar-refractivity contribution in [2.45, 2.75) is 47.2 Å². The van der Waals surface area contributed by atoms with Crippen LogP contribution in [0.4, 0.5) is 0 Å². The van der Waals surface area contributed by atoms with E-state index in [2.05, 4.69) is 10.4 Å². The highest BCUT2D eigenvalue weighted by Gasteiger charge is 2.21. The molecule has 6 nitrogen and oxygen atoms in total. The van der Waals surface area contributed by atoms with Crippen LogP contribution in [0.1, 0.15) is 48.1 Å². The topological polar surface area (TPSA) is 73.2 Å². The number of benzene rings is 1. The monoisotopic (exact) mass is 357 g/mol. The third-order valence-corrected chi connectivity index (χ3v) is 4.48. The first-order valence-corrected chi connectivity index (χ1v) is 8.84. The molecule has 1 N–H and O–H groups in total. The van der Waals surface area contributed by atoms with Crippen LogP contribution in [-0.4, -0.2) is 34.3 Å². The van der Waals surface area contributed by atoms with Gasteiger partial charge >= 0.3 is 5.97 Å². The maximum Gasteiger partial charge on any atom is 0.342 e. The van der Waals surface area contributed by atoms with Crippen molar-refractivity contribution in [3.8, 4) is 0 Å². The Labute approximate surface area is 154 Å². The Kier molecular flexibility index (Phi) is 6.55. The lowest BCUT2D eigenvalue weighted by molar-refractivity contribution is -0.125. The predicted molar refractivity (Wildman–Crippen MR) is 100.0 cm³/mol. The molecular weight excluding hydrogens is 330 g/mol. The summed E-state index contributed by atoms with van der Waals surface area (Å²) in [5.74, 6) is -0.506. The molecule has 2 aromatic rings. The van der Waals surface area contributed by atoms with E-state index in [0.717, 1.165) is 11.3 Å². The van der Waals surface area contributed by atoms with E-state index in [1.807, 2.05) is 58.0 Å². The van der Waals surface area contributed by atoms with Gasteiger partial charge in [0.1, 0.15) is 5.56 Å². The molecule has 0 aliphatic rings.